The molecule has 5 nitrogen and oxygen atoms in total. The Morgan fingerprint density at radius 3 is 2.38 bits per heavy atom. The number of para-hydroxylation sites is 1. The third-order valence-electron chi connectivity index (χ3n) is 3.61. The van der Waals surface area contributed by atoms with E-state index in [-0.39, 0.29) is 22.8 Å². The van der Waals surface area contributed by atoms with Gasteiger partial charge in [-0.3, -0.25) is 9.10 Å². The highest BCUT2D eigenvalue weighted by atomic mass is 35.5. The number of benzene rings is 2. The van der Waals surface area contributed by atoms with Gasteiger partial charge in [0, 0.05) is 5.69 Å². The second-order valence-corrected chi connectivity index (χ2v) is 7.82. The monoisotopic (exact) mass is 402 g/mol. The summed E-state index contributed by atoms with van der Waals surface area (Å²) in [6.07, 6.45) is 0.978. The number of hydrogen-bond donors (Lipinski definition) is 1. The number of rotatable bonds is 6. The Morgan fingerprint density at radius 1 is 1.19 bits per heavy atom. The molecular formula is C17H17ClF2N2O3S. The van der Waals surface area contributed by atoms with Crippen LogP contribution in [-0.2, 0) is 14.8 Å². The molecule has 0 heterocycles. The van der Waals surface area contributed by atoms with Gasteiger partial charge in [-0.15, -0.1) is 0 Å². The fourth-order valence-electron chi connectivity index (χ4n) is 2.47. The molecule has 2 aromatic rings. The van der Waals surface area contributed by atoms with Gasteiger partial charge in [-0.05, 0) is 36.8 Å². The molecule has 26 heavy (non-hydrogen) atoms. The van der Waals surface area contributed by atoms with E-state index in [1.165, 1.54) is 30.3 Å². The number of halogens is 3. The third kappa shape index (κ3) is 4.50. The van der Waals surface area contributed by atoms with Gasteiger partial charge in [0.2, 0.25) is 15.9 Å². The van der Waals surface area contributed by atoms with Crippen molar-refractivity contribution in [2.24, 2.45) is 0 Å². The summed E-state index contributed by atoms with van der Waals surface area (Å²) in [6.45, 7) is 1.60. The average Bonchev–Trinajstić information content (AvgIpc) is 2.55. The van der Waals surface area contributed by atoms with Gasteiger partial charge in [0.05, 0.1) is 17.0 Å². The molecule has 1 amide bonds. The Hall–Kier alpha value is -2.19. The molecule has 140 valence electrons. The van der Waals surface area contributed by atoms with Crippen LogP contribution < -0.4 is 9.62 Å². The van der Waals surface area contributed by atoms with E-state index in [2.05, 4.69) is 5.32 Å². The van der Waals surface area contributed by atoms with E-state index in [0.717, 1.165) is 22.7 Å². The lowest BCUT2D eigenvalue weighted by Crippen LogP contribution is -2.47. The van der Waals surface area contributed by atoms with Gasteiger partial charge in [-0.1, -0.05) is 30.7 Å². The quantitative estimate of drug-likeness (QED) is 0.799. The second kappa shape index (κ2) is 8.01. The molecule has 2 aromatic carbocycles. The Balaban J connectivity index is 2.40. The van der Waals surface area contributed by atoms with Gasteiger partial charge >= 0.3 is 0 Å². The summed E-state index contributed by atoms with van der Waals surface area (Å²) in [5.74, 6) is -2.11. The van der Waals surface area contributed by atoms with Gasteiger partial charge in [0.25, 0.3) is 0 Å². The summed E-state index contributed by atoms with van der Waals surface area (Å²) in [5, 5.41) is 2.29. The van der Waals surface area contributed by atoms with E-state index in [0.29, 0.717) is 0 Å². The SMILES string of the molecule is CCC(C(=O)Nc1ccc(F)c(Cl)c1)N(c1ccccc1F)S(C)(=O)=O. The Bertz CT molecular complexity index is 922. The molecule has 0 saturated heterocycles. The maximum Gasteiger partial charge on any atom is 0.248 e. The minimum Gasteiger partial charge on any atom is -0.324 e. The highest BCUT2D eigenvalue weighted by Gasteiger charge is 2.33. The van der Waals surface area contributed by atoms with Gasteiger partial charge in [0.1, 0.15) is 17.7 Å². The topological polar surface area (TPSA) is 66.5 Å². The number of carbonyl (C=O) groups is 1. The van der Waals surface area contributed by atoms with Crippen molar-refractivity contribution in [2.45, 2.75) is 19.4 Å². The van der Waals surface area contributed by atoms with Crippen molar-refractivity contribution < 1.29 is 22.0 Å². The Morgan fingerprint density at radius 2 is 1.85 bits per heavy atom. The molecule has 9 heteroatoms. The molecule has 0 aromatic heterocycles. The minimum atomic E-state index is -3.96. The lowest BCUT2D eigenvalue weighted by molar-refractivity contribution is -0.117. The predicted molar refractivity (Wildman–Crippen MR) is 97.8 cm³/mol. The van der Waals surface area contributed by atoms with Crippen LogP contribution in [0.5, 0.6) is 0 Å². The van der Waals surface area contributed by atoms with Crippen LogP contribution in [-0.4, -0.2) is 26.6 Å². The molecule has 2 rings (SSSR count). The fourth-order valence-corrected chi connectivity index (χ4v) is 3.86. The predicted octanol–water partition coefficient (Wildman–Crippen LogP) is 3.80. The Kier molecular flexibility index (Phi) is 6.20. The number of amides is 1. The van der Waals surface area contributed by atoms with Crippen molar-refractivity contribution in [2.75, 3.05) is 15.9 Å². The van der Waals surface area contributed by atoms with Crippen LogP contribution in [0.15, 0.2) is 42.5 Å². The van der Waals surface area contributed by atoms with Crippen LogP contribution >= 0.6 is 11.6 Å². The summed E-state index contributed by atoms with van der Waals surface area (Å²) in [6, 6.07) is 7.64. The zero-order valence-corrected chi connectivity index (χ0v) is 15.6. The lowest BCUT2D eigenvalue weighted by atomic mass is 10.1. The van der Waals surface area contributed by atoms with E-state index in [9.17, 15) is 22.0 Å². The standard InChI is InChI=1S/C17H17ClF2N2O3S/c1-3-15(17(23)21-11-8-9-13(19)12(18)10-11)22(26(2,24)25)16-7-5-4-6-14(16)20/h4-10,15H,3H2,1-2H3,(H,21,23). The van der Waals surface area contributed by atoms with Crippen molar-refractivity contribution in [3.63, 3.8) is 0 Å². The molecule has 0 aliphatic rings. The maximum atomic E-state index is 14.2. The van der Waals surface area contributed by atoms with Crippen molar-refractivity contribution in [3.8, 4) is 0 Å². The van der Waals surface area contributed by atoms with Crippen LogP contribution in [0.1, 0.15) is 13.3 Å². The number of nitrogens with one attached hydrogen (secondary N) is 1. The second-order valence-electron chi connectivity index (χ2n) is 5.55. The molecule has 0 radical (unpaired) electrons. The molecule has 0 aliphatic carbocycles. The fraction of sp³-hybridized carbons (Fsp3) is 0.235. The molecule has 0 saturated carbocycles. The molecule has 0 spiro atoms. The van der Waals surface area contributed by atoms with E-state index in [1.807, 2.05) is 0 Å². The van der Waals surface area contributed by atoms with Gasteiger partial charge in [-0.2, -0.15) is 0 Å². The average molecular weight is 403 g/mol. The normalized spacial score (nSPS) is 12.5. The summed E-state index contributed by atoms with van der Waals surface area (Å²) in [7, 11) is -3.96. The zero-order chi connectivity index (χ0) is 19.5. The lowest BCUT2D eigenvalue weighted by Gasteiger charge is -2.30. The first kappa shape index (κ1) is 20.1. The summed E-state index contributed by atoms with van der Waals surface area (Å²) in [5.41, 5.74) is -0.0315. The van der Waals surface area contributed by atoms with Crippen molar-refractivity contribution in [3.05, 3.63) is 59.1 Å². The smallest absolute Gasteiger partial charge is 0.248 e. The number of sulfonamides is 1. The first-order valence-corrected chi connectivity index (χ1v) is 9.87. The van der Waals surface area contributed by atoms with E-state index in [1.54, 1.807) is 6.92 Å². The number of hydrogen-bond acceptors (Lipinski definition) is 3. The third-order valence-corrected chi connectivity index (χ3v) is 5.06. The van der Waals surface area contributed by atoms with Gasteiger partial charge < -0.3 is 5.32 Å². The number of nitrogens with zero attached hydrogens (tertiary/aromatic N) is 1. The van der Waals surface area contributed by atoms with E-state index in [4.69, 9.17) is 11.6 Å². The van der Waals surface area contributed by atoms with Crippen LogP contribution in [0.3, 0.4) is 0 Å². The molecule has 0 fully saturated rings. The highest BCUT2D eigenvalue weighted by molar-refractivity contribution is 7.92. The van der Waals surface area contributed by atoms with E-state index >= 15 is 0 Å². The summed E-state index contributed by atoms with van der Waals surface area (Å²) < 4.78 is 52.6. The molecule has 0 aliphatic heterocycles. The molecule has 1 unspecified atom stereocenters. The van der Waals surface area contributed by atoms with Crippen LogP contribution in [0, 0.1) is 11.6 Å². The Labute approximate surface area is 155 Å². The number of anilines is 2. The van der Waals surface area contributed by atoms with Crippen molar-refractivity contribution in [1.29, 1.82) is 0 Å². The van der Waals surface area contributed by atoms with Crippen molar-refractivity contribution in [1.82, 2.24) is 0 Å². The van der Waals surface area contributed by atoms with Crippen LogP contribution in [0.4, 0.5) is 20.2 Å². The molecular weight excluding hydrogens is 386 g/mol. The molecule has 1 N–H and O–H groups in total. The molecule has 1 atom stereocenters. The first-order chi connectivity index (χ1) is 12.1. The highest BCUT2D eigenvalue weighted by Crippen LogP contribution is 2.26. The minimum absolute atomic E-state index is 0.0855. The van der Waals surface area contributed by atoms with Crippen molar-refractivity contribution >= 4 is 38.9 Å². The first-order valence-electron chi connectivity index (χ1n) is 7.65. The largest absolute Gasteiger partial charge is 0.324 e. The molecule has 0 bridgehead atoms. The van der Waals surface area contributed by atoms with Crippen LogP contribution in [0.2, 0.25) is 5.02 Å². The number of carbonyl (C=O) groups excluding carboxylic acids is 1. The summed E-state index contributed by atoms with van der Waals surface area (Å²) >= 11 is 5.68. The van der Waals surface area contributed by atoms with Gasteiger partial charge in [0.15, 0.2) is 0 Å². The zero-order valence-electron chi connectivity index (χ0n) is 14.0. The maximum absolute atomic E-state index is 14.2. The van der Waals surface area contributed by atoms with Gasteiger partial charge in [-0.25, -0.2) is 17.2 Å². The summed E-state index contributed by atoms with van der Waals surface area (Å²) in [4.78, 5) is 12.6. The van der Waals surface area contributed by atoms with E-state index < -0.39 is 33.6 Å². The van der Waals surface area contributed by atoms with Crippen LogP contribution in [0.25, 0.3) is 0 Å².